The fourth-order valence-corrected chi connectivity index (χ4v) is 4.36. The highest BCUT2D eigenvalue weighted by atomic mass is 19.4. The van der Waals surface area contributed by atoms with E-state index in [9.17, 15) is 22.4 Å². The number of alkyl halides is 3. The Morgan fingerprint density at radius 2 is 2.06 bits per heavy atom. The van der Waals surface area contributed by atoms with Gasteiger partial charge in [-0.05, 0) is 45.0 Å². The van der Waals surface area contributed by atoms with Crippen molar-refractivity contribution in [1.82, 2.24) is 15.6 Å². The maximum atomic E-state index is 14.0. The molecule has 2 unspecified atom stereocenters. The number of nitrogens with two attached hydrogens (primary N) is 1. The van der Waals surface area contributed by atoms with E-state index in [0.717, 1.165) is 37.7 Å². The highest BCUT2D eigenvalue weighted by Gasteiger charge is 2.51. The number of carbonyl (C=O) groups is 1. The number of nitrogens with zero attached hydrogens (tertiary/aromatic N) is 3. The lowest BCUT2D eigenvalue weighted by molar-refractivity contribution is -0.140. The van der Waals surface area contributed by atoms with Crippen LogP contribution in [0.4, 0.5) is 17.6 Å². The number of hydrazone groups is 1. The molecule has 3 heterocycles. The fourth-order valence-electron chi connectivity index (χ4n) is 4.36. The van der Waals surface area contributed by atoms with Crippen LogP contribution in [0.2, 0.25) is 0 Å². The van der Waals surface area contributed by atoms with Crippen LogP contribution in [0.25, 0.3) is 5.70 Å². The van der Waals surface area contributed by atoms with E-state index in [1.54, 1.807) is 11.9 Å². The van der Waals surface area contributed by atoms with Gasteiger partial charge < -0.3 is 15.5 Å². The first-order valence-corrected chi connectivity index (χ1v) is 10.6. The van der Waals surface area contributed by atoms with E-state index in [1.807, 2.05) is 0 Å². The largest absolute Gasteiger partial charge is 0.419 e. The number of carbonyl (C=O) groups excluding carboxylic acids is 1. The van der Waals surface area contributed by atoms with Crippen LogP contribution < -0.4 is 16.5 Å². The summed E-state index contributed by atoms with van der Waals surface area (Å²) in [4.78, 5) is 21.8. The normalized spacial score (nSPS) is 25.6. The Bertz CT molecular complexity index is 1090. The Labute approximate surface area is 193 Å². The summed E-state index contributed by atoms with van der Waals surface area (Å²) in [6.07, 6.45) is -0.772. The maximum absolute atomic E-state index is 14.0. The molecule has 0 bridgehead atoms. The second kappa shape index (κ2) is 8.84. The molecule has 0 saturated carbocycles. The summed E-state index contributed by atoms with van der Waals surface area (Å²) in [5, 5.41) is 12.3. The van der Waals surface area contributed by atoms with Gasteiger partial charge in [-0.15, -0.1) is 0 Å². The van der Waals surface area contributed by atoms with Gasteiger partial charge in [0.25, 0.3) is 0 Å². The molecule has 2 atom stereocenters. The number of aliphatic imine (C=N–C) groups is 1. The second-order valence-electron chi connectivity index (χ2n) is 8.55. The number of halogens is 4. The molecular weight excluding hydrogens is 456 g/mol. The Morgan fingerprint density at radius 1 is 1.35 bits per heavy atom. The van der Waals surface area contributed by atoms with Gasteiger partial charge in [-0.2, -0.15) is 24.2 Å². The Balaban J connectivity index is 1.62. The number of piperidine rings is 1. The third-order valence-electron chi connectivity index (χ3n) is 6.26. The maximum Gasteiger partial charge on any atom is 0.419 e. The van der Waals surface area contributed by atoms with Crippen LogP contribution >= 0.6 is 0 Å². The van der Waals surface area contributed by atoms with E-state index >= 15 is 0 Å². The van der Waals surface area contributed by atoms with Crippen molar-refractivity contribution in [3.63, 3.8) is 0 Å². The van der Waals surface area contributed by atoms with Crippen molar-refractivity contribution in [3.05, 3.63) is 53.5 Å². The molecule has 1 aromatic rings. The van der Waals surface area contributed by atoms with Gasteiger partial charge in [0.15, 0.2) is 0 Å². The Kier molecular flexibility index (Phi) is 6.21. The quantitative estimate of drug-likeness (QED) is 0.266. The van der Waals surface area contributed by atoms with Crippen molar-refractivity contribution in [2.24, 2.45) is 27.3 Å². The number of fused-ring (bicyclic) bond motifs is 1. The minimum atomic E-state index is -4.82. The molecule has 1 aromatic carbocycles. The molecular formula is C22H24F4N6O2. The molecule has 0 radical (unpaired) electrons. The molecule has 8 nitrogen and oxygen atoms in total. The predicted molar refractivity (Wildman–Crippen MR) is 117 cm³/mol. The highest BCUT2D eigenvalue weighted by Crippen LogP contribution is 2.39. The Morgan fingerprint density at radius 3 is 2.68 bits per heavy atom. The molecule has 182 valence electrons. The van der Waals surface area contributed by atoms with E-state index in [2.05, 4.69) is 27.3 Å². The monoisotopic (exact) mass is 480 g/mol. The van der Waals surface area contributed by atoms with Gasteiger partial charge in [0.05, 0.1) is 11.3 Å². The molecule has 1 amide bonds. The number of rotatable bonds is 4. The number of benzene rings is 1. The molecule has 0 aromatic heterocycles. The first kappa shape index (κ1) is 23.9. The summed E-state index contributed by atoms with van der Waals surface area (Å²) in [7, 11) is 0. The molecule has 1 fully saturated rings. The summed E-state index contributed by atoms with van der Waals surface area (Å²) in [6, 6.07) is 2.37. The Hall–Kier alpha value is -3.25. The van der Waals surface area contributed by atoms with Crippen molar-refractivity contribution >= 4 is 23.7 Å². The smallest absolute Gasteiger partial charge is 0.395 e. The van der Waals surface area contributed by atoms with Crippen molar-refractivity contribution in [2.75, 3.05) is 13.1 Å². The summed E-state index contributed by atoms with van der Waals surface area (Å²) >= 11 is 0. The first-order chi connectivity index (χ1) is 16.0. The van der Waals surface area contributed by atoms with E-state index in [1.165, 1.54) is 12.3 Å². The zero-order chi connectivity index (χ0) is 24.7. The zero-order valence-electron chi connectivity index (χ0n) is 18.3. The van der Waals surface area contributed by atoms with Crippen LogP contribution in [-0.2, 0) is 15.8 Å². The van der Waals surface area contributed by atoms with E-state index in [0.29, 0.717) is 12.1 Å². The van der Waals surface area contributed by atoms with Gasteiger partial charge in [-0.3, -0.25) is 4.79 Å². The average molecular weight is 480 g/mol. The summed E-state index contributed by atoms with van der Waals surface area (Å²) < 4.78 is 52.6. The first-order valence-electron chi connectivity index (χ1n) is 10.6. The van der Waals surface area contributed by atoms with Crippen LogP contribution in [0.3, 0.4) is 0 Å². The highest BCUT2D eigenvalue weighted by molar-refractivity contribution is 6.03. The lowest BCUT2D eigenvalue weighted by Crippen LogP contribution is -2.58. The average Bonchev–Trinajstić information content (AvgIpc) is 3.13. The molecule has 0 aliphatic carbocycles. The van der Waals surface area contributed by atoms with E-state index < -0.39 is 29.1 Å². The second-order valence-corrected chi connectivity index (χ2v) is 8.55. The molecule has 4 N–H and O–H groups in total. The van der Waals surface area contributed by atoms with E-state index in [4.69, 9.17) is 10.7 Å². The molecule has 4 rings (SSSR count). The minimum Gasteiger partial charge on any atom is -0.395 e. The third kappa shape index (κ3) is 4.30. The predicted octanol–water partition coefficient (Wildman–Crippen LogP) is 2.75. The summed E-state index contributed by atoms with van der Waals surface area (Å²) in [5.41, 5.74) is -1.81. The summed E-state index contributed by atoms with van der Waals surface area (Å²) in [6.45, 7) is 7.06. The van der Waals surface area contributed by atoms with Crippen LogP contribution in [0.15, 0.2) is 46.6 Å². The van der Waals surface area contributed by atoms with Gasteiger partial charge in [-0.1, -0.05) is 12.6 Å². The molecule has 0 spiro atoms. The fraction of sp³-hybridized carbons (Fsp3) is 0.409. The van der Waals surface area contributed by atoms with Crippen LogP contribution in [0.5, 0.6) is 0 Å². The van der Waals surface area contributed by atoms with Crippen molar-refractivity contribution in [3.8, 4) is 0 Å². The molecule has 1 saturated heterocycles. The van der Waals surface area contributed by atoms with Gasteiger partial charge in [0, 0.05) is 29.5 Å². The van der Waals surface area contributed by atoms with Gasteiger partial charge in [0.1, 0.15) is 17.4 Å². The minimum absolute atomic E-state index is 0.0124. The molecule has 3 aliphatic rings. The number of nitrogens with one attached hydrogen (secondary N) is 2. The zero-order valence-corrected chi connectivity index (χ0v) is 18.3. The van der Waals surface area contributed by atoms with Gasteiger partial charge >= 0.3 is 6.18 Å². The third-order valence-corrected chi connectivity index (χ3v) is 6.26. The van der Waals surface area contributed by atoms with Crippen molar-refractivity contribution < 1.29 is 27.2 Å². The van der Waals surface area contributed by atoms with Crippen LogP contribution in [0.1, 0.15) is 30.9 Å². The lowest BCUT2D eigenvalue weighted by atomic mass is 9.85. The molecule has 3 aliphatic heterocycles. The summed E-state index contributed by atoms with van der Waals surface area (Å²) in [5.74, 6) is 3.79. The van der Waals surface area contributed by atoms with Gasteiger partial charge in [-0.25, -0.2) is 14.4 Å². The number of hydrogen-bond acceptors (Lipinski definition) is 7. The number of allylic oxidation sites excluding steroid dienone is 1. The van der Waals surface area contributed by atoms with Gasteiger partial charge in [0.2, 0.25) is 11.8 Å². The topological polar surface area (TPSA) is 104 Å². The SMILES string of the molecule is C=C(N=C(ON)C1(C)C=NN2C(C3CCNCC3)=CC(=O)NC21)c1ccc(C(F)(F)F)c(F)c1. The van der Waals surface area contributed by atoms with Crippen LogP contribution in [-0.4, -0.2) is 42.3 Å². The number of hydrogen-bond donors (Lipinski definition) is 3. The number of amides is 1. The van der Waals surface area contributed by atoms with Crippen molar-refractivity contribution in [1.29, 1.82) is 0 Å². The van der Waals surface area contributed by atoms with Crippen LogP contribution in [0, 0.1) is 17.2 Å². The van der Waals surface area contributed by atoms with E-state index in [-0.39, 0.29) is 29.0 Å². The molecule has 12 heteroatoms. The standard InChI is InChI=1S/C22H24F4N6O2/c1-12(14-3-4-15(16(23)9-14)22(24,25)26)30-20(34-27)21(2)11-29-32-17(10-18(33)31-19(21)32)13-5-7-28-8-6-13/h3-4,9-11,13,19,28H,1,5-8,27H2,2H3,(H,31,33). The lowest BCUT2D eigenvalue weighted by Gasteiger charge is -2.40. The van der Waals surface area contributed by atoms with Crippen molar-refractivity contribution in [2.45, 2.75) is 32.1 Å². The molecule has 34 heavy (non-hydrogen) atoms.